The lowest BCUT2D eigenvalue weighted by atomic mass is 10.0. The van der Waals surface area contributed by atoms with Crippen molar-refractivity contribution in [2.75, 3.05) is 4.72 Å². The van der Waals surface area contributed by atoms with Crippen LogP contribution < -0.4 is 4.72 Å². The molecule has 0 saturated heterocycles. The number of hydrogen-bond acceptors (Lipinski definition) is 3. The fourth-order valence-electron chi connectivity index (χ4n) is 3.10. The fourth-order valence-corrected chi connectivity index (χ4v) is 4.55. The minimum atomic E-state index is -3.74. The molecular formula is C21H25N3O2S. The Labute approximate surface area is 161 Å². The number of sulfonamides is 1. The van der Waals surface area contributed by atoms with E-state index < -0.39 is 10.0 Å². The van der Waals surface area contributed by atoms with E-state index in [0.717, 1.165) is 16.8 Å². The number of rotatable bonds is 5. The number of hydrogen-bond donors (Lipinski definition) is 1. The van der Waals surface area contributed by atoms with Crippen LogP contribution in [-0.4, -0.2) is 18.2 Å². The van der Waals surface area contributed by atoms with Crippen LogP contribution in [-0.2, 0) is 10.0 Å². The topological polar surface area (TPSA) is 64.0 Å². The molecule has 0 aliphatic carbocycles. The monoisotopic (exact) mass is 383 g/mol. The van der Waals surface area contributed by atoms with Crippen molar-refractivity contribution in [1.82, 2.24) is 9.78 Å². The normalized spacial score (nSPS) is 11.8. The molecule has 3 rings (SSSR count). The highest BCUT2D eigenvalue weighted by Gasteiger charge is 2.25. The van der Waals surface area contributed by atoms with Gasteiger partial charge in [-0.2, -0.15) is 5.10 Å². The van der Waals surface area contributed by atoms with Crippen LogP contribution in [0, 0.1) is 20.8 Å². The summed E-state index contributed by atoms with van der Waals surface area (Å²) in [5.41, 5.74) is 4.74. The van der Waals surface area contributed by atoms with E-state index in [9.17, 15) is 8.42 Å². The third-order valence-corrected chi connectivity index (χ3v) is 6.23. The van der Waals surface area contributed by atoms with Crippen LogP contribution in [0.25, 0.3) is 5.69 Å². The first-order valence-corrected chi connectivity index (χ1v) is 10.4. The molecule has 0 spiro atoms. The molecular weight excluding hydrogens is 358 g/mol. The van der Waals surface area contributed by atoms with Crippen LogP contribution in [0.2, 0.25) is 0 Å². The van der Waals surface area contributed by atoms with E-state index in [0.29, 0.717) is 23.0 Å². The highest BCUT2D eigenvalue weighted by Crippen LogP contribution is 2.26. The second-order valence-electron chi connectivity index (χ2n) is 7.13. The molecule has 0 fully saturated rings. The first-order chi connectivity index (χ1) is 12.7. The molecule has 0 aliphatic heterocycles. The minimum absolute atomic E-state index is 0.219. The van der Waals surface area contributed by atoms with Gasteiger partial charge in [0.25, 0.3) is 10.0 Å². The van der Waals surface area contributed by atoms with Crippen molar-refractivity contribution in [3.05, 3.63) is 71.0 Å². The average molecular weight is 384 g/mol. The summed E-state index contributed by atoms with van der Waals surface area (Å²) in [5.74, 6) is 0.396. The third-order valence-electron chi connectivity index (χ3n) is 4.60. The van der Waals surface area contributed by atoms with Crippen LogP contribution in [0.1, 0.15) is 42.3 Å². The summed E-state index contributed by atoms with van der Waals surface area (Å²) in [5, 5.41) is 4.45. The molecule has 1 heterocycles. The smallest absolute Gasteiger partial charge is 0.265 e. The summed E-state index contributed by atoms with van der Waals surface area (Å²) in [7, 11) is -3.74. The largest absolute Gasteiger partial charge is 0.280 e. The van der Waals surface area contributed by atoms with E-state index in [-0.39, 0.29) is 4.90 Å². The van der Waals surface area contributed by atoms with Gasteiger partial charge in [-0.3, -0.25) is 4.72 Å². The Hall–Kier alpha value is -2.60. The predicted molar refractivity (Wildman–Crippen MR) is 109 cm³/mol. The van der Waals surface area contributed by atoms with E-state index in [1.54, 1.807) is 30.7 Å². The van der Waals surface area contributed by atoms with Gasteiger partial charge in [-0.05, 0) is 56.5 Å². The van der Waals surface area contributed by atoms with Crippen molar-refractivity contribution in [3.63, 3.8) is 0 Å². The van der Waals surface area contributed by atoms with Crippen LogP contribution in [0.15, 0.2) is 53.4 Å². The van der Waals surface area contributed by atoms with Crippen molar-refractivity contribution in [1.29, 1.82) is 0 Å². The van der Waals surface area contributed by atoms with Gasteiger partial charge in [-0.1, -0.05) is 43.7 Å². The lowest BCUT2D eigenvalue weighted by Crippen LogP contribution is -2.15. The zero-order valence-corrected chi connectivity index (χ0v) is 17.1. The Balaban J connectivity index is 1.96. The van der Waals surface area contributed by atoms with Crippen LogP contribution in [0.5, 0.6) is 0 Å². The van der Waals surface area contributed by atoms with Gasteiger partial charge in [0.15, 0.2) is 0 Å². The first kappa shape index (κ1) is 19.2. The number of nitrogens with one attached hydrogen (secondary N) is 1. The Bertz CT molecular complexity index is 1050. The maximum absolute atomic E-state index is 13.0. The summed E-state index contributed by atoms with van der Waals surface area (Å²) in [6, 6.07) is 15.3. The SMILES string of the molecule is Cc1ccc(-n2nc(C)c(S(=O)(=O)Nc3ccc(C(C)C)cc3)c2C)cc1. The van der Waals surface area contributed by atoms with E-state index in [1.807, 2.05) is 43.3 Å². The van der Waals surface area contributed by atoms with Gasteiger partial charge in [-0.25, -0.2) is 13.1 Å². The van der Waals surface area contributed by atoms with Gasteiger partial charge < -0.3 is 0 Å². The van der Waals surface area contributed by atoms with Crippen molar-refractivity contribution in [2.45, 2.75) is 45.4 Å². The summed E-state index contributed by atoms with van der Waals surface area (Å²) in [6.45, 7) is 9.70. The molecule has 27 heavy (non-hydrogen) atoms. The quantitative estimate of drug-likeness (QED) is 0.693. The van der Waals surface area contributed by atoms with Crippen molar-refractivity contribution in [2.24, 2.45) is 0 Å². The van der Waals surface area contributed by atoms with E-state index in [2.05, 4.69) is 23.7 Å². The Morgan fingerprint density at radius 1 is 0.926 bits per heavy atom. The van der Waals surface area contributed by atoms with Gasteiger partial charge in [0, 0.05) is 5.69 Å². The lowest BCUT2D eigenvalue weighted by molar-refractivity contribution is 0.600. The molecule has 0 unspecified atom stereocenters. The summed E-state index contributed by atoms with van der Waals surface area (Å²) >= 11 is 0. The van der Waals surface area contributed by atoms with E-state index in [1.165, 1.54) is 0 Å². The average Bonchev–Trinajstić information content (AvgIpc) is 2.91. The zero-order valence-electron chi connectivity index (χ0n) is 16.3. The van der Waals surface area contributed by atoms with Gasteiger partial charge in [0.05, 0.1) is 17.1 Å². The van der Waals surface area contributed by atoms with Crippen molar-refractivity contribution >= 4 is 15.7 Å². The van der Waals surface area contributed by atoms with Crippen LogP contribution >= 0.6 is 0 Å². The molecule has 1 N–H and O–H groups in total. The maximum atomic E-state index is 13.0. The highest BCUT2D eigenvalue weighted by molar-refractivity contribution is 7.92. The summed E-state index contributed by atoms with van der Waals surface area (Å²) in [6.07, 6.45) is 0. The second kappa shape index (κ2) is 7.19. The molecule has 2 aromatic carbocycles. The fraction of sp³-hybridized carbons (Fsp3) is 0.286. The number of nitrogens with zero attached hydrogens (tertiary/aromatic N) is 2. The Morgan fingerprint density at radius 2 is 1.52 bits per heavy atom. The number of anilines is 1. The molecule has 0 amide bonds. The maximum Gasteiger partial charge on any atom is 0.265 e. The summed E-state index contributed by atoms with van der Waals surface area (Å²) < 4.78 is 30.3. The van der Waals surface area contributed by atoms with Crippen LogP contribution in [0.4, 0.5) is 5.69 Å². The van der Waals surface area contributed by atoms with Crippen molar-refractivity contribution in [3.8, 4) is 5.69 Å². The van der Waals surface area contributed by atoms with E-state index in [4.69, 9.17) is 0 Å². The number of benzene rings is 2. The number of aromatic nitrogens is 2. The minimum Gasteiger partial charge on any atom is -0.280 e. The van der Waals surface area contributed by atoms with Crippen molar-refractivity contribution < 1.29 is 8.42 Å². The third kappa shape index (κ3) is 3.90. The van der Waals surface area contributed by atoms with Gasteiger partial charge in [-0.15, -0.1) is 0 Å². The molecule has 6 heteroatoms. The van der Waals surface area contributed by atoms with Crippen LogP contribution in [0.3, 0.4) is 0 Å². The van der Waals surface area contributed by atoms with E-state index >= 15 is 0 Å². The molecule has 0 saturated carbocycles. The Morgan fingerprint density at radius 3 is 2.07 bits per heavy atom. The molecule has 0 bridgehead atoms. The van der Waals surface area contributed by atoms with Gasteiger partial charge >= 0.3 is 0 Å². The molecule has 1 aromatic heterocycles. The number of aryl methyl sites for hydroxylation is 2. The molecule has 0 radical (unpaired) electrons. The standard InChI is InChI=1S/C21H25N3O2S/c1-14(2)18-8-10-19(11-9-18)23-27(25,26)21-16(4)22-24(17(21)5)20-12-6-15(3)7-13-20/h6-14,23H,1-5H3. The molecule has 0 aliphatic rings. The molecule has 0 atom stereocenters. The highest BCUT2D eigenvalue weighted by atomic mass is 32.2. The molecule has 142 valence electrons. The predicted octanol–water partition coefficient (Wildman–Crippen LogP) is 4.72. The lowest BCUT2D eigenvalue weighted by Gasteiger charge is -2.11. The van der Waals surface area contributed by atoms with Gasteiger partial charge in [0.1, 0.15) is 4.90 Å². The molecule has 3 aromatic rings. The first-order valence-electron chi connectivity index (χ1n) is 8.95. The zero-order chi connectivity index (χ0) is 19.8. The second-order valence-corrected chi connectivity index (χ2v) is 8.75. The summed E-state index contributed by atoms with van der Waals surface area (Å²) in [4.78, 5) is 0.219. The van der Waals surface area contributed by atoms with Gasteiger partial charge in [0.2, 0.25) is 0 Å². The molecule has 5 nitrogen and oxygen atoms in total. The Kier molecular flexibility index (Phi) is 5.11.